The lowest BCUT2D eigenvalue weighted by molar-refractivity contribution is -0.121. The van der Waals surface area contributed by atoms with Crippen molar-refractivity contribution >= 4 is 17.6 Å². The summed E-state index contributed by atoms with van der Waals surface area (Å²) in [6.07, 6.45) is 0.760. The lowest BCUT2D eigenvalue weighted by atomic mass is 10.1. The molecule has 1 aromatic carbocycles. The summed E-state index contributed by atoms with van der Waals surface area (Å²) in [5.41, 5.74) is 6.45. The van der Waals surface area contributed by atoms with Crippen LogP contribution in [0.15, 0.2) is 24.3 Å². The van der Waals surface area contributed by atoms with Gasteiger partial charge >= 0.3 is 5.97 Å². The van der Waals surface area contributed by atoms with Crippen molar-refractivity contribution in [3.8, 4) is 0 Å². The molecule has 5 nitrogen and oxygen atoms in total. The molecule has 0 aliphatic carbocycles. The Morgan fingerprint density at radius 3 is 2.41 bits per heavy atom. The van der Waals surface area contributed by atoms with Crippen LogP contribution in [-0.2, 0) is 4.79 Å². The number of hydrogen-bond acceptors (Lipinski definition) is 3. The quantitative estimate of drug-likeness (QED) is 0.806. The number of benzene rings is 1. The number of primary amides is 1. The highest BCUT2D eigenvalue weighted by Crippen LogP contribution is 2.23. The summed E-state index contributed by atoms with van der Waals surface area (Å²) in [5, 5.41) is 8.78. The number of carbonyl (C=O) groups excluding carboxylic acids is 1. The number of rotatable bonds is 3. The van der Waals surface area contributed by atoms with Gasteiger partial charge < -0.3 is 15.7 Å². The summed E-state index contributed by atoms with van der Waals surface area (Å²) >= 11 is 0. The topological polar surface area (TPSA) is 83.6 Å². The van der Waals surface area contributed by atoms with Crippen molar-refractivity contribution in [3.63, 3.8) is 0 Å². The van der Waals surface area contributed by atoms with Crippen molar-refractivity contribution in [2.75, 3.05) is 18.0 Å². The average molecular weight is 234 g/mol. The normalized spacial score (nSPS) is 19.3. The molecule has 5 heteroatoms. The van der Waals surface area contributed by atoms with Crippen LogP contribution in [0.1, 0.15) is 16.8 Å². The zero-order valence-corrected chi connectivity index (χ0v) is 9.30. The molecule has 0 aromatic heterocycles. The Kier molecular flexibility index (Phi) is 2.99. The fourth-order valence-corrected chi connectivity index (χ4v) is 2.04. The molecule has 0 saturated carbocycles. The van der Waals surface area contributed by atoms with Gasteiger partial charge in [-0.15, -0.1) is 0 Å². The number of anilines is 1. The molecule has 2 rings (SSSR count). The van der Waals surface area contributed by atoms with Crippen LogP contribution in [-0.4, -0.2) is 30.1 Å². The van der Waals surface area contributed by atoms with Crippen molar-refractivity contribution in [2.45, 2.75) is 6.42 Å². The highest BCUT2D eigenvalue weighted by atomic mass is 16.4. The number of amides is 1. The van der Waals surface area contributed by atoms with Gasteiger partial charge in [0.2, 0.25) is 5.91 Å². The summed E-state index contributed by atoms with van der Waals surface area (Å²) in [6.45, 7) is 1.39. The maximum absolute atomic E-state index is 11.0. The van der Waals surface area contributed by atoms with Gasteiger partial charge in [0, 0.05) is 18.8 Å². The molecule has 1 saturated heterocycles. The van der Waals surface area contributed by atoms with Crippen molar-refractivity contribution in [3.05, 3.63) is 29.8 Å². The predicted molar refractivity (Wildman–Crippen MR) is 62.9 cm³/mol. The second-order valence-corrected chi connectivity index (χ2v) is 4.19. The summed E-state index contributed by atoms with van der Waals surface area (Å²) in [7, 11) is 0. The molecule has 1 fully saturated rings. The summed E-state index contributed by atoms with van der Waals surface area (Å²) in [4.78, 5) is 23.8. The molecule has 1 aliphatic rings. The van der Waals surface area contributed by atoms with E-state index in [1.807, 2.05) is 4.90 Å². The van der Waals surface area contributed by atoms with Crippen molar-refractivity contribution in [1.82, 2.24) is 0 Å². The van der Waals surface area contributed by atoms with Gasteiger partial charge in [-0.3, -0.25) is 4.79 Å². The summed E-state index contributed by atoms with van der Waals surface area (Å²) in [5.74, 6) is -1.31. The fourth-order valence-electron chi connectivity index (χ4n) is 2.04. The Hall–Kier alpha value is -2.04. The van der Waals surface area contributed by atoms with Gasteiger partial charge in [-0.2, -0.15) is 0 Å². The van der Waals surface area contributed by atoms with Crippen LogP contribution in [0.2, 0.25) is 0 Å². The van der Waals surface area contributed by atoms with E-state index in [-0.39, 0.29) is 17.4 Å². The van der Waals surface area contributed by atoms with Crippen molar-refractivity contribution in [2.24, 2.45) is 11.7 Å². The average Bonchev–Trinajstić information content (AvgIpc) is 2.78. The van der Waals surface area contributed by atoms with E-state index in [9.17, 15) is 9.59 Å². The number of aromatic carboxylic acids is 1. The molecule has 1 atom stereocenters. The lowest BCUT2D eigenvalue weighted by Gasteiger charge is -2.18. The Balaban J connectivity index is 2.09. The van der Waals surface area contributed by atoms with E-state index in [4.69, 9.17) is 10.8 Å². The summed E-state index contributed by atoms with van der Waals surface area (Å²) in [6, 6.07) is 6.64. The van der Waals surface area contributed by atoms with Crippen LogP contribution < -0.4 is 10.6 Å². The van der Waals surface area contributed by atoms with Crippen LogP contribution in [0.3, 0.4) is 0 Å². The molecule has 3 N–H and O–H groups in total. The second kappa shape index (κ2) is 4.45. The van der Waals surface area contributed by atoms with Gasteiger partial charge in [-0.25, -0.2) is 4.79 Å². The molecule has 1 amide bonds. The third-order valence-electron chi connectivity index (χ3n) is 3.07. The first-order valence-corrected chi connectivity index (χ1v) is 5.45. The number of nitrogens with two attached hydrogens (primary N) is 1. The first-order chi connectivity index (χ1) is 8.08. The number of carboxylic acids is 1. The molecule has 1 aromatic rings. The van der Waals surface area contributed by atoms with Crippen LogP contribution >= 0.6 is 0 Å². The largest absolute Gasteiger partial charge is 0.478 e. The molecule has 0 spiro atoms. The first-order valence-electron chi connectivity index (χ1n) is 5.45. The first kappa shape index (κ1) is 11.4. The molecule has 1 heterocycles. The van der Waals surface area contributed by atoms with E-state index in [0.717, 1.165) is 18.7 Å². The highest BCUT2D eigenvalue weighted by Gasteiger charge is 2.26. The molecular formula is C12H14N2O3. The third-order valence-corrected chi connectivity index (χ3v) is 3.07. The van der Waals surface area contributed by atoms with Crippen LogP contribution in [0.5, 0.6) is 0 Å². The van der Waals surface area contributed by atoms with E-state index < -0.39 is 5.97 Å². The van der Waals surface area contributed by atoms with Gasteiger partial charge in [0.1, 0.15) is 0 Å². The van der Waals surface area contributed by atoms with Crippen LogP contribution in [0.4, 0.5) is 5.69 Å². The third kappa shape index (κ3) is 2.38. The van der Waals surface area contributed by atoms with Gasteiger partial charge in [0.25, 0.3) is 0 Å². The maximum atomic E-state index is 11.0. The predicted octanol–water partition coefficient (Wildman–Crippen LogP) is 0.696. The van der Waals surface area contributed by atoms with E-state index in [1.165, 1.54) is 0 Å². The lowest BCUT2D eigenvalue weighted by Crippen LogP contribution is -2.27. The molecule has 1 aliphatic heterocycles. The Labute approximate surface area is 98.8 Å². The van der Waals surface area contributed by atoms with Crippen molar-refractivity contribution in [1.29, 1.82) is 0 Å². The summed E-state index contributed by atoms with van der Waals surface area (Å²) < 4.78 is 0. The zero-order chi connectivity index (χ0) is 12.4. The number of carboxylic acid groups (broad SMARTS) is 1. The van der Waals surface area contributed by atoms with E-state index in [1.54, 1.807) is 24.3 Å². The number of carbonyl (C=O) groups is 2. The number of hydrogen-bond donors (Lipinski definition) is 2. The molecule has 1 unspecified atom stereocenters. The fraction of sp³-hybridized carbons (Fsp3) is 0.333. The molecular weight excluding hydrogens is 220 g/mol. The van der Waals surface area contributed by atoms with E-state index >= 15 is 0 Å². The van der Waals surface area contributed by atoms with Crippen LogP contribution in [0, 0.1) is 5.92 Å². The maximum Gasteiger partial charge on any atom is 0.335 e. The minimum Gasteiger partial charge on any atom is -0.478 e. The van der Waals surface area contributed by atoms with Gasteiger partial charge in [-0.05, 0) is 30.7 Å². The SMILES string of the molecule is NC(=O)C1CCN(c2ccc(C(=O)O)cc2)C1. The second-order valence-electron chi connectivity index (χ2n) is 4.19. The Morgan fingerprint density at radius 1 is 1.29 bits per heavy atom. The number of nitrogens with zero attached hydrogens (tertiary/aromatic N) is 1. The van der Waals surface area contributed by atoms with Crippen molar-refractivity contribution < 1.29 is 14.7 Å². The minimum atomic E-state index is -0.937. The van der Waals surface area contributed by atoms with E-state index in [0.29, 0.717) is 6.54 Å². The molecule has 0 radical (unpaired) electrons. The molecule has 0 bridgehead atoms. The van der Waals surface area contributed by atoms with E-state index in [2.05, 4.69) is 0 Å². The molecule has 17 heavy (non-hydrogen) atoms. The molecule has 90 valence electrons. The van der Waals surface area contributed by atoms with Gasteiger partial charge in [0.05, 0.1) is 11.5 Å². The van der Waals surface area contributed by atoms with Crippen LogP contribution in [0.25, 0.3) is 0 Å². The van der Waals surface area contributed by atoms with Gasteiger partial charge in [-0.1, -0.05) is 0 Å². The monoisotopic (exact) mass is 234 g/mol. The van der Waals surface area contributed by atoms with Gasteiger partial charge in [0.15, 0.2) is 0 Å². The minimum absolute atomic E-state index is 0.103. The highest BCUT2D eigenvalue weighted by molar-refractivity contribution is 5.88. The zero-order valence-electron chi connectivity index (χ0n) is 9.30. The standard InChI is InChI=1S/C12H14N2O3/c13-11(15)9-5-6-14(7-9)10-3-1-8(2-4-10)12(16)17/h1-4,9H,5-7H2,(H2,13,15)(H,16,17). The smallest absolute Gasteiger partial charge is 0.335 e. The Morgan fingerprint density at radius 2 is 1.94 bits per heavy atom. The Bertz CT molecular complexity index is 442.